The van der Waals surface area contributed by atoms with Crippen LogP contribution in [0.25, 0.3) is 0 Å². The van der Waals surface area contributed by atoms with E-state index in [0.29, 0.717) is 32.2 Å². The number of carbonyl (C=O) groups excluding carboxylic acids is 3. The van der Waals surface area contributed by atoms with Gasteiger partial charge in [0.15, 0.2) is 0 Å². The number of amides is 3. The van der Waals surface area contributed by atoms with Crippen molar-refractivity contribution in [2.75, 3.05) is 20.2 Å². The molecule has 0 spiro atoms. The molecule has 1 saturated heterocycles. The normalized spacial score (nSPS) is 18.3. The van der Waals surface area contributed by atoms with E-state index in [0.717, 1.165) is 22.4 Å². The molecular weight excluding hydrogens is 686 g/mol. The standard InChI is InChI=1S/C42H57N5O7/c1-4-29(2)42(46-39(51)34(43)19-12-20-38(49)50)23-24-47(41(42)53)36(22-21-30-13-7-5-8-14-30)40(52)45-35(26-31-15-9-6-10-16-31)37(48)28-44-27-32-17-11-18-33(25-32)54-3/h5-11,13-18,25,29,34-37,44,48H,4,12,19-24,26-28,43H2,1-3H3,(H,45,52)(H,46,51)(H,49,50)/t29-,34-,35-,36-,37-,42-/m0/s1. The molecule has 3 amide bonds. The van der Waals surface area contributed by atoms with Gasteiger partial charge < -0.3 is 41.5 Å². The van der Waals surface area contributed by atoms with E-state index in [4.69, 9.17) is 15.6 Å². The average molecular weight is 744 g/mol. The summed E-state index contributed by atoms with van der Waals surface area (Å²) in [4.78, 5) is 55.1. The van der Waals surface area contributed by atoms with Crippen molar-refractivity contribution >= 4 is 23.7 Å². The second-order valence-corrected chi connectivity index (χ2v) is 14.3. The van der Waals surface area contributed by atoms with Gasteiger partial charge in [0.2, 0.25) is 17.7 Å². The summed E-state index contributed by atoms with van der Waals surface area (Å²) in [5, 5.41) is 30.0. The Bertz CT molecular complexity index is 1660. The predicted molar refractivity (Wildman–Crippen MR) is 207 cm³/mol. The maximum absolute atomic E-state index is 14.6. The summed E-state index contributed by atoms with van der Waals surface area (Å²) in [7, 11) is 1.61. The van der Waals surface area contributed by atoms with Crippen molar-refractivity contribution in [1.82, 2.24) is 20.9 Å². The molecule has 1 fully saturated rings. The number of methoxy groups -OCH3 is 1. The number of aliphatic hydroxyl groups is 1. The molecule has 54 heavy (non-hydrogen) atoms. The average Bonchev–Trinajstić information content (AvgIpc) is 3.50. The van der Waals surface area contributed by atoms with Crippen LogP contribution in [0, 0.1) is 5.92 Å². The van der Waals surface area contributed by atoms with E-state index in [9.17, 15) is 24.3 Å². The largest absolute Gasteiger partial charge is 0.497 e. The van der Waals surface area contributed by atoms with Crippen LogP contribution in [0.3, 0.4) is 0 Å². The lowest BCUT2D eigenvalue weighted by molar-refractivity contribution is -0.144. The fourth-order valence-electron chi connectivity index (χ4n) is 7.12. The molecule has 1 aliphatic heterocycles. The van der Waals surface area contributed by atoms with E-state index in [2.05, 4.69) is 16.0 Å². The molecule has 3 aromatic rings. The number of aliphatic hydroxyl groups excluding tert-OH is 1. The molecule has 12 nitrogen and oxygen atoms in total. The summed E-state index contributed by atoms with van der Waals surface area (Å²) >= 11 is 0. The molecular formula is C42H57N5O7. The van der Waals surface area contributed by atoms with Crippen molar-refractivity contribution in [3.05, 3.63) is 102 Å². The zero-order chi connectivity index (χ0) is 39.1. The highest BCUT2D eigenvalue weighted by atomic mass is 16.5. The van der Waals surface area contributed by atoms with Crippen LogP contribution < -0.4 is 26.4 Å². The first-order chi connectivity index (χ1) is 26.0. The molecule has 3 aromatic carbocycles. The third-order valence-corrected chi connectivity index (χ3v) is 10.6. The van der Waals surface area contributed by atoms with Gasteiger partial charge >= 0.3 is 5.97 Å². The Balaban J connectivity index is 1.57. The highest BCUT2D eigenvalue weighted by Crippen LogP contribution is 2.35. The molecule has 0 bridgehead atoms. The summed E-state index contributed by atoms with van der Waals surface area (Å²) in [6.45, 7) is 4.76. The highest BCUT2D eigenvalue weighted by Gasteiger charge is 2.53. The molecule has 0 aliphatic carbocycles. The number of rotatable bonds is 22. The number of benzene rings is 3. The van der Waals surface area contributed by atoms with E-state index >= 15 is 0 Å². The van der Waals surface area contributed by atoms with Gasteiger partial charge in [0.25, 0.3) is 0 Å². The molecule has 0 unspecified atom stereocenters. The number of hydrogen-bond acceptors (Lipinski definition) is 8. The van der Waals surface area contributed by atoms with Crippen molar-refractivity contribution in [2.45, 2.75) is 102 Å². The maximum atomic E-state index is 14.6. The third kappa shape index (κ3) is 11.6. The lowest BCUT2D eigenvalue weighted by atomic mass is 9.81. The van der Waals surface area contributed by atoms with Crippen LogP contribution in [0.1, 0.15) is 69.1 Å². The van der Waals surface area contributed by atoms with Crippen molar-refractivity contribution in [3.8, 4) is 5.75 Å². The number of nitrogens with one attached hydrogen (secondary N) is 3. The smallest absolute Gasteiger partial charge is 0.303 e. The van der Waals surface area contributed by atoms with Crippen LogP contribution in [0.5, 0.6) is 5.75 Å². The van der Waals surface area contributed by atoms with Gasteiger partial charge in [-0.25, -0.2) is 0 Å². The summed E-state index contributed by atoms with van der Waals surface area (Å²) < 4.78 is 5.34. The van der Waals surface area contributed by atoms with Gasteiger partial charge in [0.1, 0.15) is 17.3 Å². The van der Waals surface area contributed by atoms with E-state index in [1.165, 1.54) is 0 Å². The lowest BCUT2D eigenvalue weighted by Gasteiger charge is -2.37. The number of carbonyl (C=O) groups is 4. The van der Waals surface area contributed by atoms with Gasteiger partial charge in [-0.1, -0.05) is 93.1 Å². The predicted octanol–water partition coefficient (Wildman–Crippen LogP) is 3.59. The molecule has 0 radical (unpaired) electrons. The summed E-state index contributed by atoms with van der Waals surface area (Å²) in [6, 6.07) is 24.5. The molecule has 0 aromatic heterocycles. The highest BCUT2D eigenvalue weighted by molar-refractivity contribution is 5.97. The number of likely N-dealkylation sites (tertiary alicyclic amines) is 1. The van der Waals surface area contributed by atoms with Crippen molar-refractivity contribution in [1.29, 1.82) is 0 Å². The summed E-state index contributed by atoms with van der Waals surface area (Å²) in [5.41, 5.74) is 7.83. The van der Waals surface area contributed by atoms with Gasteiger partial charge in [-0.15, -0.1) is 0 Å². The van der Waals surface area contributed by atoms with Gasteiger partial charge in [-0.05, 0) is 73.3 Å². The van der Waals surface area contributed by atoms with Crippen LogP contribution in [0.2, 0.25) is 0 Å². The zero-order valence-corrected chi connectivity index (χ0v) is 31.7. The lowest BCUT2D eigenvalue weighted by Crippen LogP contribution is -2.63. The van der Waals surface area contributed by atoms with Crippen LogP contribution in [-0.2, 0) is 38.6 Å². The van der Waals surface area contributed by atoms with Crippen molar-refractivity contribution < 1.29 is 34.1 Å². The first-order valence-corrected chi connectivity index (χ1v) is 19.0. The minimum absolute atomic E-state index is 0.110. The second kappa shape index (κ2) is 20.6. The first kappa shape index (κ1) is 42.0. The van der Waals surface area contributed by atoms with E-state index < -0.39 is 41.6 Å². The van der Waals surface area contributed by atoms with Crippen molar-refractivity contribution in [2.24, 2.45) is 11.7 Å². The van der Waals surface area contributed by atoms with Gasteiger partial charge in [0, 0.05) is 26.1 Å². The molecule has 1 aliphatic rings. The van der Waals surface area contributed by atoms with Crippen LogP contribution in [-0.4, -0.2) is 88.8 Å². The third-order valence-electron chi connectivity index (χ3n) is 10.6. The van der Waals surface area contributed by atoms with Gasteiger partial charge in [0.05, 0.1) is 25.3 Å². The van der Waals surface area contributed by atoms with Crippen LogP contribution in [0.4, 0.5) is 0 Å². The number of hydrogen-bond donors (Lipinski definition) is 6. The van der Waals surface area contributed by atoms with Gasteiger partial charge in [-0.3, -0.25) is 19.2 Å². The Kier molecular flexibility index (Phi) is 16.0. The number of aryl methyl sites for hydroxylation is 1. The number of nitrogens with two attached hydrogens (primary N) is 1. The second-order valence-electron chi connectivity index (χ2n) is 14.3. The quantitative estimate of drug-likeness (QED) is 0.0896. The zero-order valence-electron chi connectivity index (χ0n) is 31.7. The minimum Gasteiger partial charge on any atom is -0.497 e. The fourth-order valence-corrected chi connectivity index (χ4v) is 7.12. The monoisotopic (exact) mass is 743 g/mol. The van der Waals surface area contributed by atoms with Crippen molar-refractivity contribution in [3.63, 3.8) is 0 Å². The Labute approximate surface area is 318 Å². The molecule has 1 heterocycles. The molecule has 0 saturated carbocycles. The number of ether oxygens (including phenoxy) is 1. The molecule has 6 atom stereocenters. The van der Waals surface area contributed by atoms with E-state index in [-0.39, 0.29) is 56.5 Å². The Morgan fingerprint density at radius 2 is 1.61 bits per heavy atom. The van der Waals surface area contributed by atoms with Crippen LogP contribution >= 0.6 is 0 Å². The maximum Gasteiger partial charge on any atom is 0.303 e. The molecule has 292 valence electrons. The number of aliphatic carboxylic acids is 1. The molecule has 7 N–H and O–H groups in total. The van der Waals surface area contributed by atoms with Gasteiger partial charge in [-0.2, -0.15) is 0 Å². The molecule has 4 rings (SSSR count). The summed E-state index contributed by atoms with van der Waals surface area (Å²) in [5.74, 6) is -1.76. The number of nitrogens with zero attached hydrogens (tertiary/aromatic N) is 1. The Morgan fingerprint density at radius 1 is 0.944 bits per heavy atom. The minimum atomic E-state index is -1.28. The topological polar surface area (TPSA) is 183 Å². The molecule has 12 heteroatoms. The Hall–Kier alpha value is -4.78. The Morgan fingerprint density at radius 3 is 2.26 bits per heavy atom. The number of carboxylic acid groups (broad SMARTS) is 1. The SMILES string of the molecule is CC[C@H](C)[C@@]1(NC(=O)[C@@H](N)CCCC(=O)O)CCN([C@@H](CCc2ccccc2)C(=O)N[C@@H](Cc2ccccc2)[C@@H](O)CNCc2cccc(OC)c2)C1=O. The van der Waals surface area contributed by atoms with E-state index in [1.807, 2.05) is 98.8 Å². The van der Waals surface area contributed by atoms with E-state index in [1.54, 1.807) is 12.0 Å². The van der Waals surface area contributed by atoms with Crippen LogP contribution in [0.15, 0.2) is 84.9 Å². The number of carboxylic acids is 1. The fraction of sp³-hybridized carbons (Fsp3) is 0.476. The first-order valence-electron chi connectivity index (χ1n) is 19.0. The summed E-state index contributed by atoms with van der Waals surface area (Å²) in [6.07, 6.45) is 1.39.